The van der Waals surface area contributed by atoms with Crippen molar-refractivity contribution in [3.05, 3.63) is 59.7 Å². The van der Waals surface area contributed by atoms with E-state index in [0.717, 1.165) is 41.9 Å². The summed E-state index contributed by atoms with van der Waals surface area (Å²) in [5, 5.41) is 13.8. The molecule has 0 saturated heterocycles. The molecule has 25 heavy (non-hydrogen) atoms. The Morgan fingerprint density at radius 2 is 1.88 bits per heavy atom. The molecule has 2 atom stereocenters. The fraction of sp³-hybridized carbons (Fsp3) is 0.381. The number of hydrogen-bond donors (Lipinski definition) is 2. The zero-order valence-corrected chi connectivity index (χ0v) is 14.9. The minimum Gasteiger partial charge on any atom is -0.508 e. The van der Waals surface area contributed by atoms with Crippen molar-refractivity contribution in [3.63, 3.8) is 0 Å². The molecular formula is C21H26N2O2. The Kier molecular flexibility index (Phi) is 5.71. The van der Waals surface area contributed by atoms with E-state index in [1.807, 2.05) is 37.3 Å². The van der Waals surface area contributed by atoms with Crippen LogP contribution in [0.25, 0.3) is 0 Å². The van der Waals surface area contributed by atoms with Crippen molar-refractivity contribution in [2.75, 3.05) is 6.61 Å². The van der Waals surface area contributed by atoms with Crippen LogP contribution in [-0.2, 0) is 0 Å². The quantitative estimate of drug-likeness (QED) is 0.818. The van der Waals surface area contributed by atoms with Crippen LogP contribution in [0.5, 0.6) is 11.5 Å². The molecule has 2 aromatic rings. The second kappa shape index (κ2) is 8.17. The Bertz CT molecular complexity index is 725. The molecule has 1 aliphatic heterocycles. The maximum atomic E-state index is 10.2. The van der Waals surface area contributed by atoms with E-state index >= 15 is 0 Å². The van der Waals surface area contributed by atoms with Crippen LogP contribution < -0.4 is 10.1 Å². The van der Waals surface area contributed by atoms with Crippen molar-refractivity contribution in [1.82, 2.24) is 5.32 Å². The second-order valence-corrected chi connectivity index (χ2v) is 6.32. The van der Waals surface area contributed by atoms with Gasteiger partial charge >= 0.3 is 0 Å². The molecule has 4 nitrogen and oxygen atoms in total. The lowest BCUT2D eigenvalue weighted by Gasteiger charge is -2.30. The first kappa shape index (κ1) is 17.5. The first-order valence-electron chi connectivity index (χ1n) is 9.05. The lowest BCUT2D eigenvalue weighted by Crippen LogP contribution is -2.38. The summed E-state index contributed by atoms with van der Waals surface area (Å²) in [7, 11) is 0. The van der Waals surface area contributed by atoms with Crippen molar-refractivity contribution >= 4 is 5.71 Å². The number of aromatic hydroxyl groups is 1. The van der Waals surface area contributed by atoms with E-state index in [4.69, 9.17) is 9.73 Å². The SMILES string of the molecule is CCCC1N=C(c2ccc(OCC)cc2)CC(c2ccccc2O)N1. The summed E-state index contributed by atoms with van der Waals surface area (Å²) in [6, 6.07) is 15.7. The molecule has 0 fully saturated rings. The van der Waals surface area contributed by atoms with Gasteiger partial charge in [0.25, 0.3) is 0 Å². The fourth-order valence-electron chi connectivity index (χ4n) is 3.27. The van der Waals surface area contributed by atoms with Gasteiger partial charge in [0.05, 0.1) is 6.61 Å². The fourth-order valence-corrected chi connectivity index (χ4v) is 3.27. The third-order valence-electron chi connectivity index (χ3n) is 4.48. The van der Waals surface area contributed by atoms with Gasteiger partial charge in [-0.2, -0.15) is 0 Å². The Labute approximate surface area is 149 Å². The van der Waals surface area contributed by atoms with E-state index < -0.39 is 0 Å². The van der Waals surface area contributed by atoms with E-state index in [-0.39, 0.29) is 12.2 Å². The van der Waals surface area contributed by atoms with E-state index in [0.29, 0.717) is 12.4 Å². The van der Waals surface area contributed by atoms with Crippen molar-refractivity contribution < 1.29 is 9.84 Å². The average Bonchev–Trinajstić information content (AvgIpc) is 2.63. The van der Waals surface area contributed by atoms with Crippen LogP contribution in [0.1, 0.15) is 50.3 Å². The highest BCUT2D eigenvalue weighted by molar-refractivity contribution is 6.01. The number of phenols is 1. The van der Waals surface area contributed by atoms with Crippen molar-refractivity contribution in [3.8, 4) is 11.5 Å². The largest absolute Gasteiger partial charge is 0.508 e. The summed E-state index contributed by atoms with van der Waals surface area (Å²) in [6.45, 7) is 4.81. The summed E-state index contributed by atoms with van der Waals surface area (Å²) in [5.74, 6) is 1.21. The minimum absolute atomic E-state index is 0.0665. The standard InChI is InChI=1S/C21H26N2O2/c1-3-7-21-22-18(15-10-12-16(13-11-15)25-4-2)14-19(23-21)17-8-5-6-9-20(17)24/h5-6,8-13,19,21,23-24H,3-4,7,14H2,1-2H3. The number of benzene rings is 2. The molecule has 0 aliphatic carbocycles. The number of nitrogens with one attached hydrogen (secondary N) is 1. The van der Waals surface area contributed by atoms with Crippen LogP contribution in [0.4, 0.5) is 0 Å². The molecular weight excluding hydrogens is 312 g/mol. The summed E-state index contributed by atoms with van der Waals surface area (Å²) >= 11 is 0. The number of ether oxygens (including phenoxy) is 1. The summed E-state index contributed by atoms with van der Waals surface area (Å²) in [4.78, 5) is 4.91. The Morgan fingerprint density at radius 3 is 2.56 bits per heavy atom. The summed E-state index contributed by atoms with van der Waals surface area (Å²) in [6.07, 6.45) is 2.87. The minimum atomic E-state index is 0.0665. The van der Waals surface area contributed by atoms with Crippen molar-refractivity contribution in [2.45, 2.75) is 45.3 Å². The topological polar surface area (TPSA) is 53.9 Å². The predicted molar refractivity (Wildman–Crippen MR) is 101 cm³/mol. The normalized spacial score (nSPS) is 20.2. The molecule has 132 valence electrons. The number of para-hydroxylation sites is 1. The summed E-state index contributed by atoms with van der Waals surface area (Å²) in [5.41, 5.74) is 3.13. The third kappa shape index (κ3) is 4.20. The van der Waals surface area contributed by atoms with Gasteiger partial charge in [0.1, 0.15) is 17.7 Å². The number of nitrogens with zero attached hydrogens (tertiary/aromatic N) is 1. The van der Waals surface area contributed by atoms with Gasteiger partial charge in [-0.25, -0.2) is 0 Å². The highest BCUT2D eigenvalue weighted by Gasteiger charge is 2.26. The van der Waals surface area contributed by atoms with Gasteiger partial charge in [0, 0.05) is 23.7 Å². The predicted octanol–water partition coefficient (Wildman–Crippen LogP) is 4.44. The van der Waals surface area contributed by atoms with E-state index in [2.05, 4.69) is 24.4 Å². The number of aliphatic imine (C=N–C) groups is 1. The summed E-state index contributed by atoms with van der Waals surface area (Å²) < 4.78 is 5.53. The Morgan fingerprint density at radius 1 is 1.12 bits per heavy atom. The molecule has 2 unspecified atom stereocenters. The molecule has 1 heterocycles. The van der Waals surface area contributed by atoms with Crippen LogP contribution in [0.2, 0.25) is 0 Å². The smallest absolute Gasteiger partial charge is 0.120 e. The van der Waals surface area contributed by atoms with Gasteiger partial charge in [-0.15, -0.1) is 0 Å². The molecule has 0 bridgehead atoms. The van der Waals surface area contributed by atoms with Gasteiger partial charge in [-0.05, 0) is 49.2 Å². The molecule has 0 radical (unpaired) electrons. The number of hydrogen-bond acceptors (Lipinski definition) is 4. The molecule has 0 saturated carbocycles. The average molecular weight is 338 g/mol. The first-order chi connectivity index (χ1) is 12.2. The molecule has 2 N–H and O–H groups in total. The molecule has 0 amide bonds. The van der Waals surface area contributed by atoms with E-state index in [1.54, 1.807) is 6.07 Å². The zero-order chi connectivity index (χ0) is 17.6. The lowest BCUT2D eigenvalue weighted by atomic mass is 9.94. The molecule has 3 rings (SSSR count). The van der Waals surface area contributed by atoms with Crippen LogP contribution in [0.3, 0.4) is 0 Å². The third-order valence-corrected chi connectivity index (χ3v) is 4.48. The highest BCUT2D eigenvalue weighted by Crippen LogP contribution is 2.31. The van der Waals surface area contributed by atoms with E-state index in [9.17, 15) is 5.11 Å². The highest BCUT2D eigenvalue weighted by atomic mass is 16.5. The molecule has 0 spiro atoms. The molecule has 0 aromatic heterocycles. The maximum absolute atomic E-state index is 10.2. The molecule has 2 aromatic carbocycles. The van der Waals surface area contributed by atoms with Crippen LogP contribution in [0, 0.1) is 0 Å². The maximum Gasteiger partial charge on any atom is 0.120 e. The van der Waals surface area contributed by atoms with Crippen LogP contribution in [-0.4, -0.2) is 23.6 Å². The Hall–Kier alpha value is -2.33. The van der Waals surface area contributed by atoms with Crippen molar-refractivity contribution in [1.29, 1.82) is 0 Å². The van der Waals surface area contributed by atoms with E-state index in [1.165, 1.54) is 0 Å². The first-order valence-corrected chi connectivity index (χ1v) is 9.05. The van der Waals surface area contributed by atoms with Gasteiger partial charge in [0.2, 0.25) is 0 Å². The molecule has 1 aliphatic rings. The monoisotopic (exact) mass is 338 g/mol. The zero-order valence-electron chi connectivity index (χ0n) is 14.9. The lowest BCUT2D eigenvalue weighted by molar-refractivity contribution is 0.340. The van der Waals surface area contributed by atoms with Gasteiger partial charge in [-0.1, -0.05) is 31.5 Å². The van der Waals surface area contributed by atoms with Gasteiger partial charge in [-0.3, -0.25) is 10.3 Å². The number of rotatable bonds is 6. The molecule has 4 heteroatoms. The Balaban J connectivity index is 1.87. The van der Waals surface area contributed by atoms with Gasteiger partial charge < -0.3 is 9.84 Å². The van der Waals surface area contributed by atoms with Crippen LogP contribution in [0.15, 0.2) is 53.5 Å². The van der Waals surface area contributed by atoms with Gasteiger partial charge in [0.15, 0.2) is 0 Å². The van der Waals surface area contributed by atoms with Crippen molar-refractivity contribution in [2.24, 2.45) is 4.99 Å². The second-order valence-electron chi connectivity index (χ2n) is 6.32. The number of phenolic OH excluding ortho intramolecular Hbond substituents is 1. The van der Waals surface area contributed by atoms with Crippen LogP contribution >= 0.6 is 0 Å².